The van der Waals surface area contributed by atoms with E-state index in [0.29, 0.717) is 5.02 Å². The number of thioether (sulfide) groups is 1. The Hall–Kier alpha value is -2.02. The van der Waals surface area contributed by atoms with Crippen molar-refractivity contribution in [1.29, 1.82) is 0 Å². The lowest BCUT2D eigenvalue weighted by atomic mass is 10.1. The predicted octanol–water partition coefficient (Wildman–Crippen LogP) is 6.76. The minimum absolute atomic E-state index is 0.157. The normalized spacial score (nSPS) is 12.4. The molecule has 0 saturated carbocycles. The molecule has 7 heteroatoms. The molecule has 1 N–H and O–H groups in total. The first-order valence-corrected chi connectivity index (χ1v) is 11.9. The van der Waals surface area contributed by atoms with Crippen molar-refractivity contribution < 1.29 is 4.79 Å². The van der Waals surface area contributed by atoms with Gasteiger partial charge in [-0.15, -0.1) is 11.8 Å². The number of nitrogens with zero attached hydrogens (tertiary/aromatic N) is 2. The number of benzene rings is 2. The molecule has 0 unspecified atom stereocenters. The first-order valence-electron chi connectivity index (χ1n) is 9.89. The fourth-order valence-corrected chi connectivity index (χ4v) is 4.87. The van der Waals surface area contributed by atoms with Crippen molar-refractivity contribution in [3.05, 3.63) is 80.0 Å². The highest BCUT2D eigenvalue weighted by Gasteiger charge is 2.18. The van der Waals surface area contributed by atoms with Gasteiger partial charge in [-0.05, 0) is 92.0 Å². The molecule has 1 atom stereocenters. The van der Waals surface area contributed by atoms with Crippen LogP contribution in [0.4, 0.5) is 0 Å². The number of rotatable bonds is 6. The minimum atomic E-state index is -0.288. The van der Waals surface area contributed by atoms with E-state index in [1.807, 2.05) is 31.2 Å². The topological polar surface area (TPSA) is 46.4 Å². The average Bonchev–Trinajstić information content (AvgIpc) is 2.94. The summed E-state index contributed by atoms with van der Waals surface area (Å²) < 4.78 is 3.18. The fourth-order valence-electron chi connectivity index (χ4n) is 3.32. The van der Waals surface area contributed by atoms with Crippen LogP contribution >= 0.6 is 39.3 Å². The third-order valence-electron chi connectivity index (χ3n) is 5.08. The van der Waals surface area contributed by atoms with Crippen molar-refractivity contribution in [1.82, 2.24) is 9.99 Å². The molecule has 0 aliphatic heterocycles. The molecular weight excluding hydrogens is 494 g/mol. The van der Waals surface area contributed by atoms with Crippen molar-refractivity contribution in [3.63, 3.8) is 0 Å². The van der Waals surface area contributed by atoms with Crippen LogP contribution in [-0.2, 0) is 4.79 Å². The summed E-state index contributed by atoms with van der Waals surface area (Å²) in [6.45, 7) is 10.2. The Bertz CT molecular complexity index is 1140. The molecule has 0 radical (unpaired) electrons. The standard InChI is InChI=1S/C24H25BrClN3OS/c1-14-6-7-15(2)22(12-14)29-16(3)21(23(25)17(29)4)13-27-28-24(30)18(5)31-20-10-8-19(26)9-11-20/h6-13,18H,1-5H3,(H,28,30)/b27-13-/t18-/m0/s1. The molecule has 1 heterocycles. The summed E-state index contributed by atoms with van der Waals surface area (Å²) in [7, 11) is 0. The summed E-state index contributed by atoms with van der Waals surface area (Å²) >= 11 is 11.1. The highest BCUT2D eigenvalue weighted by molar-refractivity contribution is 9.10. The number of hydrogen-bond acceptors (Lipinski definition) is 3. The molecule has 0 saturated heterocycles. The molecule has 1 aromatic heterocycles. The number of aromatic nitrogens is 1. The summed E-state index contributed by atoms with van der Waals surface area (Å²) in [6.07, 6.45) is 1.70. The molecule has 0 bridgehead atoms. The Balaban J connectivity index is 1.76. The maximum absolute atomic E-state index is 12.5. The predicted molar refractivity (Wildman–Crippen MR) is 135 cm³/mol. The number of halogens is 2. The van der Waals surface area contributed by atoms with Gasteiger partial charge in [0.25, 0.3) is 5.91 Å². The van der Waals surface area contributed by atoms with Gasteiger partial charge in [-0.1, -0.05) is 23.7 Å². The van der Waals surface area contributed by atoms with E-state index in [4.69, 9.17) is 11.6 Å². The van der Waals surface area contributed by atoms with Crippen LogP contribution in [0.2, 0.25) is 5.02 Å². The second-order valence-electron chi connectivity index (χ2n) is 7.47. The van der Waals surface area contributed by atoms with Crippen LogP contribution in [-0.4, -0.2) is 21.9 Å². The second-order valence-corrected chi connectivity index (χ2v) is 10.1. The van der Waals surface area contributed by atoms with E-state index in [1.54, 1.807) is 6.21 Å². The fraction of sp³-hybridized carbons (Fsp3) is 0.250. The van der Waals surface area contributed by atoms with Crippen LogP contribution in [0, 0.1) is 27.7 Å². The van der Waals surface area contributed by atoms with Gasteiger partial charge >= 0.3 is 0 Å². The summed E-state index contributed by atoms with van der Waals surface area (Å²) in [5, 5.41) is 4.61. The first kappa shape index (κ1) is 23.6. The smallest absolute Gasteiger partial charge is 0.253 e. The highest BCUT2D eigenvalue weighted by atomic mass is 79.9. The van der Waals surface area contributed by atoms with Gasteiger partial charge in [0, 0.05) is 37.0 Å². The van der Waals surface area contributed by atoms with Gasteiger partial charge in [0.1, 0.15) is 0 Å². The van der Waals surface area contributed by atoms with E-state index in [-0.39, 0.29) is 11.2 Å². The molecule has 31 heavy (non-hydrogen) atoms. The molecule has 0 aliphatic rings. The van der Waals surface area contributed by atoms with Gasteiger partial charge in [-0.3, -0.25) is 4.79 Å². The number of hydrazone groups is 1. The maximum Gasteiger partial charge on any atom is 0.253 e. The van der Waals surface area contributed by atoms with Crippen LogP contribution in [0.5, 0.6) is 0 Å². The number of aryl methyl sites for hydroxylation is 2. The van der Waals surface area contributed by atoms with E-state index in [0.717, 1.165) is 32.0 Å². The third-order valence-corrected chi connectivity index (χ3v) is 7.45. The largest absolute Gasteiger partial charge is 0.316 e. The van der Waals surface area contributed by atoms with Crippen molar-refractivity contribution in [2.45, 2.75) is 44.8 Å². The second kappa shape index (κ2) is 10.1. The zero-order chi connectivity index (χ0) is 22.7. The summed E-state index contributed by atoms with van der Waals surface area (Å²) in [4.78, 5) is 13.4. The van der Waals surface area contributed by atoms with E-state index in [9.17, 15) is 4.79 Å². The van der Waals surface area contributed by atoms with Crippen LogP contribution in [0.15, 0.2) is 56.9 Å². The molecule has 0 fully saturated rings. The van der Waals surface area contributed by atoms with Crippen molar-refractivity contribution in [2.24, 2.45) is 5.10 Å². The molecule has 3 aromatic rings. The lowest BCUT2D eigenvalue weighted by Crippen LogP contribution is -2.26. The van der Waals surface area contributed by atoms with Crippen LogP contribution in [0.25, 0.3) is 5.69 Å². The van der Waals surface area contributed by atoms with Gasteiger partial charge in [0.05, 0.1) is 11.5 Å². The van der Waals surface area contributed by atoms with E-state index >= 15 is 0 Å². The van der Waals surface area contributed by atoms with E-state index in [2.05, 4.69) is 76.9 Å². The summed E-state index contributed by atoms with van der Waals surface area (Å²) in [6, 6.07) is 13.9. The van der Waals surface area contributed by atoms with E-state index in [1.165, 1.54) is 22.9 Å². The number of carbonyl (C=O) groups excluding carboxylic acids is 1. The molecule has 4 nitrogen and oxygen atoms in total. The van der Waals surface area contributed by atoms with Crippen molar-refractivity contribution in [2.75, 3.05) is 0 Å². The number of hydrogen-bond donors (Lipinski definition) is 1. The Morgan fingerprint density at radius 2 is 1.81 bits per heavy atom. The monoisotopic (exact) mass is 517 g/mol. The van der Waals surface area contributed by atoms with Crippen LogP contribution in [0.1, 0.15) is 35.0 Å². The van der Waals surface area contributed by atoms with E-state index < -0.39 is 0 Å². The molecule has 0 aliphatic carbocycles. The van der Waals surface area contributed by atoms with Crippen molar-refractivity contribution in [3.8, 4) is 5.69 Å². The Kier molecular flexibility index (Phi) is 7.68. The zero-order valence-corrected chi connectivity index (χ0v) is 21.3. The van der Waals surface area contributed by atoms with Gasteiger partial charge < -0.3 is 4.57 Å². The minimum Gasteiger partial charge on any atom is -0.316 e. The molecule has 0 spiro atoms. The molecule has 162 valence electrons. The maximum atomic E-state index is 12.5. The van der Waals surface area contributed by atoms with Crippen molar-refractivity contribution >= 4 is 51.4 Å². The lowest BCUT2D eigenvalue weighted by Gasteiger charge is -2.13. The van der Waals surface area contributed by atoms with Gasteiger partial charge in [0.15, 0.2) is 0 Å². The van der Waals surface area contributed by atoms with Crippen LogP contribution in [0.3, 0.4) is 0 Å². The highest BCUT2D eigenvalue weighted by Crippen LogP contribution is 2.31. The number of nitrogens with one attached hydrogen (secondary N) is 1. The Labute approximate surface area is 201 Å². The van der Waals surface area contributed by atoms with Gasteiger partial charge in [0.2, 0.25) is 0 Å². The first-order chi connectivity index (χ1) is 14.7. The lowest BCUT2D eigenvalue weighted by molar-refractivity contribution is -0.120. The summed E-state index contributed by atoms with van der Waals surface area (Å²) in [5.41, 5.74) is 9.30. The SMILES string of the molecule is Cc1ccc(C)c(-n2c(C)c(Br)c(/C=N\NC(=O)[C@H](C)Sc3ccc(Cl)cc3)c2C)c1. The number of amides is 1. The Morgan fingerprint density at radius 1 is 1.13 bits per heavy atom. The molecule has 1 amide bonds. The quantitative estimate of drug-likeness (QED) is 0.223. The summed E-state index contributed by atoms with van der Waals surface area (Å²) in [5.74, 6) is -0.157. The van der Waals surface area contributed by atoms with Gasteiger partial charge in [-0.25, -0.2) is 5.43 Å². The molecule has 2 aromatic carbocycles. The average molecular weight is 519 g/mol. The molecule has 3 rings (SSSR count). The zero-order valence-electron chi connectivity index (χ0n) is 18.2. The van der Waals surface area contributed by atoms with Crippen LogP contribution < -0.4 is 5.43 Å². The molecular formula is C24H25BrClN3OS. The van der Waals surface area contributed by atoms with Gasteiger partial charge in [-0.2, -0.15) is 5.10 Å². The Morgan fingerprint density at radius 3 is 2.48 bits per heavy atom. The third kappa shape index (κ3) is 5.43. The number of carbonyl (C=O) groups is 1.